The van der Waals surface area contributed by atoms with E-state index in [1.807, 2.05) is 52.7 Å². The fraction of sp³-hybridized carbons (Fsp3) is 0.214. The second-order valence-electron chi connectivity index (χ2n) is 4.08. The molecule has 0 saturated heterocycles. The van der Waals surface area contributed by atoms with Gasteiger partial charge >= 0.3 is 5.97 Å². The molecule has 1 N–H and O–H groups in total. The first kappa shape index (κ1) is 12.6. The van der Waals surface area contributed by atoms with Crippen molar-refractivity contribution in [1.82, 2.24) is 0 Å². The highest BCUT2D eigenvalue weighted by molar-refractivity contribution is 7.14. The van der Waals surface area contributed by atoms with Crippen molar-refractivity contribution in [2.45, 2.75) is 19.5 Å². The molecular formula is C14H15NO2S. The molecular weight excluding hydrogens is 246 g/mol. The monoisotopic (exact) mass is 261 g/mol. The first-order valence-electron chi connectivity index (χ1n) is 5.75. The van der Waals surface area contributed by atoms with Crippen LogP contribution in [0.25, 0.3) is 0 Å². The Hall–Kier alpha value is -1.81. The molecule has 0 fully saturated rings. The maximum atomic E-state index is 11.2. The largest absolute Gasteiger partial charge is 0.480 e. The van der Waals surface area contributed by atoms with E-state index in [1.54, 1.807) is 18.3 Å². The second-order valence-corrected chi connectivity index (χ2v) is 5.01. The molecule has 0 radical (unpaired) electrons. The van der Waals surface area contributed by atoms with Gasteiger partial charge in [0.25, 0.3) is 0 Å². The van der Waals surface area contributed by atoms with Gasteiger partial charge in [-0.05, 0) is 30.0 Å². The second kappa shape index (κ2) is 5.69. The van der Waals surface area contributed by atoms with E-state index in [4.69, 9.17) is 0 Å². The summed E-state index contributed by atoms with van der Waals surface area (Å²) in [6.45, 7) is 2.32. The van der Waals surface area contributed by atoms with Crippen LogP contribution in [0.2, 0.25) is 0 Å². The fourth-order valence-electron chi connectivity index (χ4n) is 1.75. The SMILES string of the molecule is C[C@@H](C(=O)O)N(Cc1ccccc1)c1cccs1. The van der Waals surface area contributed by atoms with Crippen molar-refractivity contribution in [3.8, 4) is 0 Å². The van der Waals surface area contributed by atoms with Crippen molar-refractivity contribution >= 4 is 22.3 Å². The Morgan fingerprint density at radius 3 is 2.56 bits per heavy atom. The van der Waals surface area contributed by atoms with Gasteiger partial charge in [0.15, 0.2) is 0 Å². The molecule has 94 valence electrons. The van der Waals surface area contributed by atoms with Crippen LogP contribution in [0, 0.1) is 0 Å². The Morgan fingerprint density at radius 2 is 2.00 bits per heavy atom. The molecule has 4 heteroatoms. The molecule has 1 aromatic carbocycles. The molecule has 2 rings (SSSR count). The number of carbonyl (C=O) groups is 1. The summed E-state index contributed by atoms with van der Waals surface area (Å²) in [7, 11) is 0. The smallest absolute Gasteiger partial charge is 0.326 e. The van der Waals surface area contributed by atoms with Gasteiger partial charge in [-0.15, -0.1) is 11.3 Å². The minimum atomic E-state index is -0.806. The Morgan fingerprint density at radius 1 is 1.28 bits per heavy atom. The normalized spacial score (nSPS) is 12.1. The van der Waals surface area contributed by atoms with E-state index >= 15 is 0 Å². The molecule has 1 aromatic heterocycles. The lowest BCUT2D eigenvalue weighted by Gasteiger charge is -2.27. The fourth-order valence-corrected chi connectivity index (χ4v) is 2.56. The first-order valence-corrected chi connectivity index (χ1v) is 6.63. The van der Waals surface area contributed by atoms with Crippen LogP contribution in [0.3, 0.4) is 0 Å². The highest BCUT2D eigenvalue weighted by Crippen LogP contribution is 2.25. The van der Waals surface area contributed by atoms with Crippen LogP contribution < -0.4 is 4.90 Å². The van der Waals surface area contributed by atoms with E-state index in [1.165, 1.54) is 0 Å². The number of thiophene rings is 1. The van der Waals surface area contributed by atoms with E-state index in [0.29, 0.717) is 6.54 Å². The maximum absolute atomic E-state index is 11.2. The minimum absolute atomic E-state index is 0.538. The number of hydrogen-bond acceptors (Lipinski definition) is 3. The van der Waals surface area contributed by atoms with Crippen molar-refractivity contribution in [1.29, 1.82) is 0 Å². The molecule has 0 bridgehead atoms. The highest BCUT2D eigenvalue weighted by Gasteiger charge is 2.21. The lowest BCUT2D eigenvalue weighted by molar-refractivity contribution is -0.138. The molecule has 2 aromatic rings. The Labute approximate surface area is 110 Å². The van der Waals surface area contributed by atoms with Crippen LogP contribution in [0.15, 0.2) is 47.8 Å². The average molecular weight is 261 g/mol. The first-order chi connectivity index (χ1) is 8.68. The van der Waals surface area contributed by atoms with Gasteiger partial charge in [-0.1, -0.05) is 30.3 Å². The predicted octanol–water partition coefficient (Wildman–Crippen LogP) is 3.23. The number of aliphatic carboxylic acids is 1. The number of benzene rings is 1. The topological polar surface area (TPSA) is 40.5 Å². The number of anilines is 1. The van der Waals surface area contributed by atoms with E-state index in [0.717, 1.165) is 10.6 Å². The van der Waals surface area contributed by atoms with Gasteiger partial charge < -0.3 is 10.0 Å². The molecule has 0 unspecified atom stereocenters. The van der Waals surface area contributed by atoms with Gasteiger partial charge in [-0.3, -0.25) is 0 Å². The number of carboxylic acid groups (broad SMARTS) is 1. The third-order valence-electron chi connectivity index (χ3n) is 2.81. The van der Waals surface area contributed by atoms with Gasteiger partial charge in [-0.2, -0.15) is 0 Å². The minimum Gasteiger partial charge on any atom is -0.480 e. The predicted molar refractivity (Wildman–Crippen MR) is 74.0 cm³/mol. The molecule has 0 aliphatic heterocycles. The standard InChI is InChI=1S/C14H15NO2S/c1-11(14(16)17)15(13-8-5-9-18-13)10-12-6-3-2-4-7-12/h2-9,11H,10H2,1H3,(H,16,17)/t11-/m0/s1. The van der Waals surface area contributed by atoms with E-state index in [9.17, 15) is 9.90 Å². The van der Waals surface area contributed by atoms with E-state index < -0.39 is 12.0 Å². The quantitative estimate of drug-likeness (QED) is 0.898. The van der Waals surface area contributed by atoms with E-state index in [2.05, 4.69) is 0 Å². The van der Waals surface area contributed by atoms with Crippen molar-refractivity contribution < 1.29 is 9.90 Å². The van der Waals surface area contributed by atoms with Gasteiger partial charge in [0, 0.05) is 6.54 Å². The molecule has 0 amide bonds. The van der Waals surface area contributed by atoms with Crippen LogP contribution in [-0.2, 0) is 11.3 Å². The zero-order valence-corrected chi connectivity index (χ0v) is 10.9. The summed E-state index contributed by atoms with van der Waals surface area (Å²) < 4.78 is 0. The molecule has 0 aliphatic carbocycles. The summed E-state index contributed by atoms with van der Waals surface area (Å²) in [6, 6.07) is 13.3. The zero-order chi connectivity index (χ0) is 13.0. The van der Waals surface area contributed by atoms with E-state index in [-0.39, 0.29) is 0 Å². The summed E-state index contributed by atoms with van der Waals surface area (Å²) in [5.41, 5.74) is 1.11. The molecule has 0 aliphatic rings. The Kier molecular flexibility index (Phi) is 3.99. The van der Waals surface area contributed by atoms with Gasteiger partial charge in [-0.25, -0.2) is 4.79 Å². The van der Waals surface area contributed by atoms with Crippen LogP contribution in [0.5, 0.6) is 0 Å². The number of rotatable bonds is 5. The van der Waals surface area contributed by atoms with Gasteiger partial charge in [0.05, 0.1) is 5.00 Å². The summed E-state index contributed by atoms with van der Waals surface area (Å²) in [6.07, 6.45) is 0. The highest BCUT2D eigenvalue weighted by atomic mass is 32.1. The average Bonchev–Trinajstić information content (AvgIpc) is 2.90. The summed E-state index contributed by atoms with van der Waals surface area (Å²) in [5.74, 6) is -0.806. The summed E-state index contributed by atoms with van der Waals surface area (Å²) >= 11 is 1.56. The van der Waals surface area contributed by atoms with Gasteiger partial charge in [0.1, 0.15) is 6.04 Å². The van der Waals surface area contributed by atoms with Crippen LogP contribution in [0.4, 0.5) is 5.00 Å². The number of nitrogens with zero attached hydrogens (tertiary/aromatic N) is 1. The summed E-state index contributed by atoms with van der Waals surface area (Å²) in [4.78, 5) is 13.1. The Balaban J connectivity index is 2.23. The molecule has 0 spiro atoms. The lowest BCUT2D eigenvalue weighted by atomic mass is 10.2. The molecule has 18 heavy (non-hydrogen) atoms. The summed E-state index contributed by atoms with van der Waals surface area (Å²) in [5, 5.41) is 12.1. The number of carboxylic acids is 1. The maximum Gasteiger partial charge on any atom is 0.326 e. The van der Waals surface area contributed by atoms with Gasteiger partial charge in [0.2, 0.25) is 0 Å². The van der Waals surface area contributed by atoms with Crippen LogP contribution in [-0.4, -0.2) is 17.1 Å². The third kappa shape index (κ3) is 2.90. The van der Waals surface area contributed by atoms with Crippen molar-refractivity contribution in [3.63, 3.8) is 0 Å². The van der Waals surface area contributed by atoms with Crippen molar-refractivity contribution in [2.75, 3.05) is 4.90 Å². The molecule has 3 nitrogen and oxygen atoms in total. The van der Waals surface area contributed by atoms with Crippen LogP contribution in [0.1, 0.15) is 12.5 Å². The van der Waals surface area contributed by atoms with Crippen molar-refractivity contribution in [3.05, 3.63) is 53.4 Å². The molecule has 1 atom stereocenters. The zero-order valence-electron chi connectivity index (χ0n) is 10.1. The van der Waals surface area contributed by atoms with Crippen LogP contribution >= 0.6 is 11.3 Å². The number of hydrogen-bond donors (Lipinski definition) is 1. The van der Waals surface area contributed by atoms with Crippen molar-refractivity contribution in [2.24, 2.45) is 0 Å². The lowest BCUT2D eigenvalue weighted by Crippen LogP contribution is -2.38. The third-order valence-corrected chi connectivity index (χ3v) is 3.72. The molecule has 0 saturated carbocycles. The Bertz CT molecular complexity index is 496. The molecule has 1 heterocycles.